The SMILES string of the molecule is Cc1cnc(-c2cccs2)nc1NCCc1ccc(O)cc1. The molecule has 2 N–H and O–H groups in total. The average molecular weight is 311 g/mol. The lowest BCUT2D eigenvalue weighted by molar-refractivity contribution is 0.475. The molecule has 0 spiro atoms. The number of rotatable bonds is 5. The zero-order valence-electron chi connectivity index (χ0n) is 12.3. The summed E-state index contributed by atoms with van der Waals surface area (Å²) >= 11 is 1.64. The Bertz CT molecular complexity index is 739. The molecular formula is C17H17N3OS. The fraction of sp³-hybridized carbons (Fsp3) is 0.176. The first-order valence-electron chi connectivity index (χ1n) is 7.11. The van der Waals surface area contributed by atoms with E-state index in [9.17, 15) is 5.11 Å². The molecular weight excluding hydrogens is 294 g/mol. The monoisotopic (exact) mass is 311 g/mol. The molecule has 112 valence electrons. The smallest absolute Gasteiger partial charge is 0.171 e. The van der Waals surface area contributed by atoms with E-state index in [1.807, 2.05) is 42.8 Å². The lowest BCUT2D eigenvalue weighted by atomic mass is 10.1. The lowest BCUT2D eigenvalue weighted by Crippen LogP contribution is -2.08. The number of benzene rings is 1. The van der Waals surface area contributed by atoms with Gasteiger partial charge in [-0.05, 0) is 42.5 Å². The van der Waals surface area contributed by atoms with Gasteiger partial charge in [-0.25, -0.2) is 9.97 Å². The van der Waals surface area contributed by atoms with Crippen LogP contribution in [-0.2, 0) is 6.42 Å². The van der Waals surface area contributed by atoms with E-state index >= 15 is 0 Å². The standard InChI is InChI=1S/C17H17N3OS/c1-12-11-19-17(15-3-2-10-22-15)20-16(12)18-9-8-13-4-6-14(21)7-5-13/h2-7,10-11,21H,8-9H2,1H3,(H,18,19,20). The molecule has 2 heterocycles. The summed E-state index contributed by atoms with van der Waals surface area (Å²) < 4.78 is 0. The molecule has 0 aliphatic heterocycles. The van der Waals surface area contributed by atoms with Gasteiger partial charge in [0, 0.05) is 18.3 Å². The minimum atomic E-state index is 0.295. The molecule has 0 atom stereocenters. The van der Waals surface area contributed by atoms with Crippen LogP contribution in [0.4, 0.5) is 5.82 Å². The molecule has 0 aliphatic carbocycles. The number of nitrogens with one attached hydrogen (secondary N) is 1. The molecule has 0 radical (unpaired) electrons. The van der Waals surface area contributed by atoms with Crippen LogP contribution in [0.15, 0.2) is 48.0 Å². The molecule has 3 rings (SSSR count). The van der Waals surface area contributed by atoms with Crippen LogP contribution in [0.5, 0.6) is 5.75 Å². The molecule has 0 aliphatic rings. The normalized spacial score (nSPS) is 10.6. The third-order valence-electron chi connectivity index (χ3n) is 3.36. The van der Waals surface area contributed by atoms with Gasteiger partial charge in [0.25, 0.3) is 0 Å². The first-order chi connectivity index (χ1) is 10.7. The Hall–Kier alpha value is -2.40. The maximum absolute atomic E-state index is 9.29. The number of phenols is 1. The number of anilines is 1. The number of hydrogen-bond acceptors (Lipinski definition) is 5. The zero-order chi connectivity index (χ0) is 15.4. The highest BCUT2D eigenvalue weighted by Crippen LogP contribution is 2.23. The van der Waals surface area contributed by atoms with Gasteiger partial charge >= 0.3 is 0 Å². The van der Waals surface area contributed by atoms with E-state index in [4.69, 9.17) is 0 Å². The van der Waals surface area contributed by atoms with Crippen molar-refractivity contribution < 1.29 is 5.11 Å². The van der Waals surface area contributed by atoms with Crippen LogP contribution in [0.1, 0.15) is 11.1 Å². The zero-order valence-corrected chi connectivity index (χ0v) is 13.1. The molecule has 0 unspecified atom stereocenters. The minimum Gasteiger partial charge on any atom is -0.508 e. The van der Waals surface area contributed by atoms with Gasteiger partial charge in [-0.2, -0.15) is 0 Å². The summed E-state index contributed by atoms with van der Waals surface area (Å²) in [5.41, 5.74) is 2.21. The van der Waals surface area contributed by atoms with Gasteiger partial charge in [-0.3, -0.25) is 0 Å². The summed E-state index contributed by atoms with van der Waals surface area (Å²) in [4.78, 5) is 10.1. The summed E-state index contributed by atoms with van der Waals surface area (Å²) in [7, 11) is 0. The number of nitrogens with zero attached hydrogens (tertiary/aromatic N) is 2. The summed E-state index contributed by atoms with van der Waals surface area (Å²) in [6.07, 6.45) is 2.73. The van der Waals surface area contributed by atoms with E-state index in [1.165, 1.54) is 5.56 Å². The lowest BCUT2D eigenvalue weighted by Gasteiger charge is -2.09. The van der Waals surface area contributed by atoms with E-state index in [0.717, 1.165) is 35.0 Å². The average Bonchev–Trinajstić information content (AvgIpc) is 3.05. The van der Waals surface area contributed by atoms with Crippen molar-refractivity contribution in [3.63, 3.8) is 0 Å². The van der Waals surface area contributed by atoms with Crippen LogP contribution < -0.4 is 5.32 Å². The fourth-order valence-electron chi connectivity index (χ4n) is 2.13. The number of aryl methyl sites for hydroxylation is 1. The van der Waals surface area contributed by atoms with Crippen molar-refractivity contribution in [1.82, 2.24) is 9.97 Å². The van der Waals surface area contributed by atoms with Crippen molar-refractivity contribution in [3.8, 4) is 16.5 Å². The van der Waals surface area contributed by atoms with E-state index < -0.39 is 0 Å². The molecule has 2 aromatic heterocycles. The quantitative estimate of drug-likeness (QED) is 0.751. The summed E-state index contributed by atoms with van der Waals surface area (Å²) in [5.74, 6) is 1.92. The van der Waals surface area contributed by atoms with Crippen molar-refractivity contribution >= 4 is 17.2 Å². The highest BCUT2D eigenvalue weighted by atomic mass is 32.1. The summed E-state index contributed by atoms with van der Waals surface area (Å²) in [6, 6.07) is 11.3. The Balaban J connectivity index is 1.67. The molecule has 0 saturated heterocycles. The maximum atomic E-state index is 9.29. The van der Waals surface area contributed by atoms with Crippen molar-refractivity contribution in [2.24, 2.45) is 0 Å². The van der Waals surface area contributed by atoms with Crippen LogP contribution in [0, 0.1) is 6.92 Å². The number of aromatic hydroxyl groups is 1. The fourth-order valence-corrected chi connectivity index (χ4v) is 2.80. The van der Waals surface area contributed by atoms with Crippen LogP contribution in [0.2, 0.25) is 0 Å². The molecule has 0 saturated carbocycles. The van der Waals surface area contributed by atoms with Crippen molar-refractivity contribution in [2.45, 2.75) is 13.3 Å². The second-order valence-electron chi connectivity index (χ2n) is 5.05. The molecule has 22 heavy (non-hydrogen) atoms. The van der Waals surface area contributed by atoms with Gasteiger partial charge in [0.15, 0.2) is 5.82 Å². The molecule has 5 heteroatoms. The summed E-state index contributed by atoms with van der Waals surface area (Å²) in [6.45, 7) is 2.79. The molecule has 4 nitrogen and oxygen atoms in total. The van der Waals surface area contributed by atoms with Gasteiger partial charge < -0.3 is 10.4 Å². The number of thiophene rings is 1. The topological polar surface area (TPSA) is 58.0 Å². The Kier molecular flexibility index (Phi) is 4.34. The highest BCUT2D eigenvalue weighted by Gasteiger charge is 2.06. The third kappa shape index (κ3) is 3.43. The van der Waals surface area contributed by atoms with Gasteiger partial charge in [0.2, 0.25) is 0 Å². The number of aromatic nitrogens is 2. The van der Waals surface area contributed by atoms with Gasteiger partial charge in [0.1, 0.15) is 11.6 Å². The van der Waals surface area contributed by atoms with E-state index in [2.05, 4.69) is 15.3 Å². The summed E-state index contributed by atoms with van der Waals surface area (Å²) in [5, 5.41) is 14.7. The van der Waals surface area contributed by atoms with Gasteiger partial charge in [-0.1, -0.05) is 18.2 Å². The molecule has 0 amide bonds. The van der Waals surface area contributed by atoms with Crippen LogP contribution in [0.25, 0.3) is 10.7 Å². The van der Waals surface area contributed by atoms with Crippen LogP contribution in [-0.4, -0.2) is 21.6 Å². The van der Waals surface area contributed by atoms with Gasteiger partial charge in [-0.15, -0.1) is 11.3 Å². The number of hydrogen-bond donors (Lipinski definition) is 2. The maximum Gasteiger partial charge on any atom is 0.171 e. The minimum absolute atomic E-state index is 0.295. The Morgan fingerprint density at radius 1 is 1.18 bits per heavy atom. The van der Waals surface area contributed by atoms with Crippen molar-refractivity contribution in [3.05, 3.63) is 59.1 Å². The Labute approximate surface area is 133 Å². The highest BCUT2D eigenvalue weighted by molar-refractivity contribution is 7.13. The second kappa shape index (κ2) is 6.58. The van der Waals surface area contributed by atoms with Gasteiger partial charge in [0.05, 0.1) is 4.88 Å². The van der Waals surface area contributed by atoms with Crippen LogP contribution in [0.3, 0.4) is 0 Å². The molecule has 0 bridgehead atoms. The predicted molar refractivity (Wildman–Crippen MR) is 90.4 cm³/mol. The van der Waals surface area contributed by atoms with E-state index in [1.54, 1.807) is 23.5 Å². The Morgan fingerprint density at radius 3 is 2.73 bits per heavy atom. The van der Waals surface area contributed by atoms with E-state index in [-0.39, 0.29) is 0 Å². The van der Waals surface area contributed by atoms with Crippen molar-refractivity contribution in [1.29, 1.82) is 0 Å². The predicted octanol–water partition coefficient (Wildman–Crippen LogP) is 3.87. The van der Waals surface area contributed by atoms with Crippen LogP contribution >= 0.6 is 11.3 Å². The largest absolute Gasteiger partial charge is 0.508 e. The van der Waals surface area contributed by atoms with E-state index in [0.29, 0.717) is 5.75 Å². The molecule has 3 aromatic rings. The first-order valence-corrected chi connectivity index (χ1v) is 7.99. The van der Waals surface area contributed by atoms with Crippen molar-refractivity contribution in [2.75, 3.05) is 11.9 Å². The molecule has 0 fully saturated rings. The third-order valence-corrected chi connectivity index (χ3v) is 4.22. The molecule has 1 aromatic carbocycles. The Morgan fingerprint density at radius 2 is 2.00 bits per heavy atom. The second-order valence-corrected chi connectivity index (χ2v) is 5.99. The first kappa shape index (κ1) is 14.5. The number of phenolic OH excluding ortho intramolecular Hbond substituents is 1.